The van der Waals surface area contributed by atoms with E-state index in [9.17, 15) is 9.90 Å². The number of rotatable bonds is 2. The molecule has 2 rings (SSSR count). The first kappa shape index (κ1) is 9.45. The Kier molecular flexibility index (Phi) is 2.25. The van der Waals surface area contributed by atoms with Gasteiger partial charge in [0.2, 0.25) is 0 Å². The van der Waals surface area contributed by atoms with Gasteiger partial charge in [0.15, 0.2) is 0 Å². The molecule has 0 fully saturated rings. The number of aliphatic carboxylic acids is 1. The molecule has 76 valence electrons. The Morgan fingerprint density at radius 1 is 1.27 bits per heavy atom. The Morgan fingerprint density at radius 3 is 2.80 bits per heavy atom. The average Bonchev–Trinajstić information content (AvgIpc) is 2.18. The van der Waals surface area contributed by atoms with Gasteiger partial charge in [-0.05, 0) is 12.1 Å². The fraction of sp³-hybridized carbons (Fsp3) is 0.0909. The Labute approximate surface area is 85.8 Å². The van der Waals surface area contributed by atoms with Gasteiger partial charge in [-0.1, -0.05) is 18.2 Å². The standard InChI is InChI=1S/C11H9NO3/c13-9-3-1-2-7-4-5-8(6-10(14)15)12-11(7)9/h1-5,13H,6H2,(H,14,15). The average molecular weight is 203 g/mol. The molecule has 15 heavy (non-hydrogen) atoms. The van der Waals surface area contributed by atoms with Gasteiger partial charge in [0, 0.05) is 5.39 Å². The van der Waals surface area contributed by atoms with Gasteiger partial charge in [-0.2, -0.15) is 0 Å². The summed E-state index contributed by atoms with van der Waals surface area (Å²) in [5, 5.41) is 18.9. The van der Waals surface area contributed by atoms with Gasteiger partial charge in [-0.15, -0.1) is 0 Å². The van der Waals surface area contributed by atoms with E-state index in [2.05, 4.69) is 4.98 Å². The quantitative estimate of drug-likeness (QED) is 0.777. The number of carboxylic acid groups (broad SMARTS) is 1. The molecule has 0 radical (unpaired) electrons. The first-order valence-electron chi connectivity index (χ1n) is 4.46. The second-order valence-corrected chi connectivity index (χ2v) is 3.22. The summed E-state index contributed by atoms with van der Waals surface area (Å²) in [5.74, 6) is -0.864. The van der Waals surface area contributed by atoms with Crippen LogP contribution < -0.4 is 0 Å². The monoisotopic (exact) mass is 203 g/mol. The topological polar surface area (TPSA) is 70.4 Å². The minimum absolute atomic E-state index is 0.0692. The number of para-hydroxylation sites is 1. The summed E-state index contributed by atoms with van der Waals surface area (Å²) in [5.41, 5.74) is 0.882. The molecule has 0 saturated heterocycles. The molecule has 2 aromatic rings. The Bertz CT molecular complexity index is 522. The van der Waals surface area contributed by atoms with Crippen LogP contribution in [0.2, 0.25) is 0 Å². The second kappa shape index (κ2) is 3.57. The van der Waals surface area contributed by atoms with E-state index < -0.39 is 5.97 Å². The largest absolute Gasteiger partial charge is 0.506 e. The van der Waals surface area contributed by atoms with Crippen molar-refractivity contribution in [2.75, 3.05) is 0 Å². The van der Waals surface area contributed by atoms with E-state index in [1.54, 1.807) is 18.2 Å². The number of aromatic hydroxyl groups is 1. The molecule has 0 aliphatic rings. The highest BCUT2D eigenvalue weighted by atomic mass is 16.4. The number of pyridine rings is 1. The minimum Gasteiger partial charge on any atom is -0.506 e. The zero-order chi connectivity index (χ0) is 10.8. The SMILES string of the molecule is O=C(O)Cc1ccc2cccc(O)c2n1. The van der Waals surface area contributed by atoms with Crippen LogP contribution in [0, 0.1) is 0 Å². The summed E-state index contributed by atoms with van der Waals surface area (Å²) >= 11 is 0. The molecule has 4 heteroatoms. The number of hydrogen-bond donors (Lipinski definition) is 2. The van der Waals surface area contributed by atoms with E-state index in [1.165, 1.54) is 6.07 Å². The first-order chi connectivity index (χ1) is 7.16. The van der Waals surface area contributed by atoms with Gasteiger partial charge in [-0.25, -0.2) is 4.98 Å². The van der Waals surface area contributed by atoms with Crippen molar-refractivity contribution in [1.29, 1.82) is 0 Å². The summed E-state index contributed by atoms with van der Waals surface area (Å²) in [7, 11) is 0. The summed E-state index contributed by atoms with van der Waals surface area (Å²) in [6.07, 6.45) is -0.135. The van der Waals surface area contributed by atoms with Gasteiger partial charge in [0.1, 0.15) is 11.3 Å². The number of phenols is 1. The number of carbonyl (C=O) groups is 1. The smallest absolute Gasteiger partial charge is 0.309 e. The molecule has 1 aromatic carbocycles. The van der Waals surface area contributed by atoms with Crippen LogP contribution in [-0.4, -0.2) is 21.2 Å². The lowest BCUT2D eigenvalue weighted by atomic mass is 10.1. The van der Waals surface area contributed by atoms with Gasteiger partial charge >= 0.3 is 5.97 Å². The number of phenolic OH excluding ortho intramolecular Hbond substituents is 1. The van der Waals surface area contributed by atoms with Crippen LogP contribution in [0.1, 0.15) is 5.69 Å². The highest BCUT2D eigenvalue weighted by Crippen LogP contribution is 2.22. The van der Waals surface area contributed by atoms with Crippen LogP contribution in [0.3, 0.4) is 0 Å². The zero-order valence-corrected chi connectivity index (χ0v) is 7.84. The maximum absolute atomic E-state index is 10.5. The van der Waals surface area contributed by atoms with Crippen LogP contribution >= 0.6 is 0 Å². The van der Waals surface area contributed by atoms with E-state index in [0.29, 0.717) is 11.2 Å². The maximum Gasteiger partial charge on any atom is 0.309 e. The van der Waals surface area contributed by atoms with Gasteiger partial charge in [-0.3, -0.25) is 4.79 Å². The van der Waals surface area contributed by atoms with E-state index >= 15 is 0 Å². The van der Waals surface area contributed by atoms with Crippen molar-refractivity contribution in [3.05, 3.63) is 36.0 Å². The molecule has 0 aliphatic heterocycles. The summed E-state index contributed by atoms with van der Waals surface area (Å²) in [6, 6.07) is 8.46. The molecule has 1 aromatic heterocycles. The molecule has 0 amide bonds. The fourth-order valence-corrected chi connectivity index (χ4v) is 1.43. The molecule has 1 heterocycles. The van der Waals surface area contributed by atoms with Crippen molar-refractivity contribution in [3.63, 3.8) is 0 Å². The molecular formula is C11H9NO3. The predicted molar refractivity (Wildman–Crippen MR) is 54.7 cm³/mol. The van der Waals surface area contributed by atoms with Gasteiger partial charge in [0.05, 0.1) is 12.1 Å². The van der Waals surface area contributed by atoms with E-state index in [-0.39, 0.29) is 12.2 Å². The van der Waals surface area contributed by atoms with Crippen molar-refractivity contribution in [1.82, 2.24) is 4.98 Å². The molecule has 0 unspecified atom stereocenters. The van der Waals surface area contributed by atoms with E-state index in [0.717, 1.165) is 5.39 Å². The fourth-order valence-electron chi connectivity index (χ4n) is 1.43. The number of benzene rings is 1. The minimum atomic E-state index is -0.933. The van der Waals surface area contributed by atoms with Crippen molar-refractivity contribution >= 4 is 16.9 Å². The first-order valence-corrected chi connectivity index (χ1v) is 4.46. The lowest BCUT2D eigenvalue weighted by Gasteiger charge is -2.02. The molecule has 0 saturated carbocycles. The predicted octanol–water partition coefficient (Wildman–Crippen LogP) is 1.57. The zero-order valence-electron chi connectivity index (χ0n) is 7.84. The van der Waals surface area contributed by atoms with Crippen LogP contribution in [0.25, 0.3) is 10.9 Å². The number of carboxylic acids is 1. The molecule has 0 bridgehead atoms. The number of aromatic nitrogens is 1. The highest BCUT2D eigenvalue weighted by molar-refractivity contribution is 5.84. The third kappa shape index (κ3) is 1.88. The number of nitrogens with zero attached hydrogens (tertiary/aromatic N) is 1. The lowest BCUT2D eigenvalue weighted by molar-refractivity contribution is -0.136. The van der Waals surface area contributed by atoms with Crippen molar-refractivity contribution in [3.8, 4) is 5.75 Å². The summed E-state index contributed by atoms with van der Waals surface area (Å²) < 4.78 is 0. The van der Waals surface area contributed by atoms with Crippen molar-refractivity contribution in [2.24, 2.45) is 0 Å². The number of fused-ring (bicyclic) bond motifs is 1. The van der Waals surface area contributed by atoms with Crippen LogP contribution in [0.4, 0.5) is 0 Å². The Hall–Kier alpha value is -2.10. The normalized spacial score (nSPS) is 10.4. The third-order valence-corrected chi connectivity index (χ3v) is 2.09. The molecule has 0 atom stereocenters. The second-order valence-electron chi connectivity index (χ2n) is 3.22. The van der Waals surface area contributed by atoms with Gasteiger partial charge in [0.25, 0.3) is 0 Å². The molecular weight excluding hydrogens is 194 g/mol. The van der Waals surface area contributed by atoms with E-state index in [4.69, 9.17) is 5.11 Å². The lowest BCUT2D eigenvalue weighted by Crippen LogP contribution is -2.02. The van der Waals surface area contributed by atoms with Crippen molar-refractivity contribution in [2.45, 2.75) is 6.42 Å². The van der Waals surface area contributed by atoms with Crippen LogP contribution in [-0.2, 0) is 11.2 Å². The molecule has 0 spiro atoms. The van der Waals surface area contributed by atoms with Crippen LogP contribution in [0.15, 0.2) is 30.3 Å². The molecule has 0 aliphatic carbocycles. The van der Waals surface area contributed by atoms with Crippen molar-refractivity contribution < 1.29 is 15.0 Å². The summed E-state index contributed by atoms with van der Waals surface area (Å²) in [4.78, 5) is 14.6. The Balaban J connectivity index is 2.54. The highest BCUT2D eigenvalue weighted by Gasteiger charge is 2.05. The summed E-state index contributed by atoms with van der Waals surface area (Å²) in [6.45, 7) is 0. The van der Waals surface area contributed by atoms with E-state index in [1.807, 2.05) is 6.07 Å². The molecule has 2 N–H and O–H groups in total. The van der Waals surface area contributed by atoms with Crippen LogP contribution in [0.5, 0.6) is 5.75 Å². The Morgan fingerprint density at radius 2 is 2.07 bits per heavy atom. The van der Waals surface area contributed by atoms with Gasteiger partial charge < -0.3 is 10.2 Å². The maximum atomic E-state index is 10.5. The number of hydrogen-bond acceptors (Lipinski definition) is 3. The molecule has 4 nitrogen and oxygen atoms in total. The third-order valence-electron chi connectivity index (χ3n) is 2.09.